The summed E-state index contributed by atoms with van der Waals surface area (Å²) in [4.78, 5) is 16.5. The first-order valence-electron chi connectivity index (χ1n) is 5.20. The van der Waals surface area contributed by atoms with E-state index in [4.69, 9.17) is 9.52 Å². The number of oxazole rings is 1. The summed E-state index contributed by atoms with van der Waals surface area (Å²) >= 11 is 0. The summed E-state index contributed by atoms with van der Waals surface area (Å²) in [6.45, 7) is 0.891. The number of rotatable bonds is 1. The predicted molar refractivity (Wildman–Crippen MR) is 50.6 cm³/mol. The number of fused-ring (bicyclic) bond motifs is 1. The summed E-state index contributed by atoms with van der Waals surface area (Å²) in [5.74, 6) is 2.19. The van der Waals surface area contributed by atoms with Gasteiger partial charge in [-0.15, -0.1) is 0 Å². The molecule has 1 aliphatic heterocycles. The Hall–Kier alpha value is -1.52. The van der Waals surface area contributed by atoms with Crippen LogP contribution in [0, 0.1) is 0 Å². The van der Waals surface area contributed by atoms with Crippen molar-refractivity contribution in [2.45, 2.75) is 31.7 Å². The fourth-order valence-corrected chi connectivity index (χ4v) is 1.89. The molecule has 5 heteroatoms. The lowest BCUT2D eigenvalue weighted by Gasteiger charge is -2.21. The third kappa shape index (κ3) is 1.48. The van der Waals surface area contributed by atoms with Crippen LogP contribution in [0.1, 0.15) is 36.1 Å². The first kappa shape index (κ1) is 8.76. The highest BCUT2D eigenvalue weighted by Crippen LogP contribution is 2.40. The highest BCUT2D eigenvalue weighted by Gasteiger charge is 2.32. The van der Waals surface area contributed by atoms with Crippen LogP contribution in [0.4, 0.5) is 4.79 Å². The Morgan fingerprint density at radius 1 is 1.53 bits per heavy atom. The van der Waals surface area contributed by atoms with E-state index < -0.39 is 6.09 Å². The van der Waals surface area contributed by atoms with Gasteiger partial charge in [0.1, 0.15) is 11.5 Å². The van der Waals surface area contributed by atoms with E-state index >= 15 is 0 Å². The fraction of sp³-hybridized carbons (Fsp3) is 0.600. The average Bonchev–Trinajstić information content (AvgIpc) is 2.97. The van der Waals surface area contributed by atoms with Crippen molar-refractivity contribution >= 4 is 6.09 Å². The Bertz CT molecular complexity index is 409. The summed E-state index contributed by atoms with van der Waals surface area (Å²) in [6.07, 6.45) is 2.09. The second kappa shape index (κ2) is 2.98. The minimum absolute atomic E-state index is 0.376. The molecule has 1 aromatic rings. The third-order valence-corrected chi connectivity index (χ3v) is 2.94. The smallest absolute Gasteiger partial charge is 0.407 e. The van der Waals surface area contributed by atoms with E-state index in [1.807, 2.05) is 0 Å². The topological polar surface area (TPSA) is 66.6 Å². The van der Waals surface area contributed by atoms with Crippen LogP contribution in [-0.2, 0) is 13.0 Å². The lowest BCUT2D eigenvalue weighted by Crippen LogP contribution is -2.34. The molecule has 0 aromatic carbocycles. The molecule has 0 atom stereocenters. The first-order chi connectivity index (χ1) is 7.24. The zero-order chi connectivity index (χ0) is 10.4. The largest absolute Gasteiger partial charge is 0.465 e. The molecule has 80 valence electrons. The number of nitrogens with zero attached hydrogens (tertiary/aromatic N) is 2. The van der Waals surface area contributed by atoms with Crippen LogP contribution in [-0.4, -0.2) is 27.6 Å². The Balaban J connectivity index is 1.85. The van der Waals surface area contributed by atoms with Gasteiger partial charge in [0.2, 0.25) is 0 Å². The molecule has 3 rings (SSSR count). The van der Waals surface area contributed by atoms with E-state index in [1.165, 1.54) is 4.90 Å². The molecule has 0 bridgehead atoms. The summed E-state index contributed by atoms with van der Waals surface area (Å²) in [6, 6.07) is 0. The third-order valence-electron chi connectivity index (χ3n) is 2.94. The molecule has 5 nitrogen and oxygen atoms in total. The number of amides is 1. The fourth-order valence-electron chi connectivity index (χ4n) is 1.89. The van der Waals surface area contributed by atoms with Gasteiger partial charge in [-0.25, -0.2) is 9.78 Å². The molecule has 1 aliphatic carbocycles. The molecule has 0 spiro atoms. The van der Waals surface area contributed by atoms with Crippen molar-refractivity contribution in [1.29, 1.82) is 0 Å². The normalized spacial score (nSPS) is 20.1. The van der Waals surface area contributed by atoms with Gasteiger partial charge in [0, 0.05) is 18.9 Å². The van der Waals surface area contributed by atoms with Gasteiger partial charge in [0.25, 0.3) is 0 Å². The zero-order valence-corrected chi connectivity index (χ0v) is 8.27. The van der Waals surface area contributed by atoms with Crippen LogP contribution in [0.3, 0.4) is 0 Å². The quantitative estimate of drug-likeness (QED) is 0.761. The summed E-state index contributed by atoms with van der Waals surface area (Å²) in [5.41, 5.74) is 0.811. The maximum Gasteiger partial charge on any atom is 0.407 e. The van der Waals surface area contributed by atoms with Crippen molar-refractivity contribution in [3.8, 4) is 0 Å². The molecule has 1 N–H and O–H groups in total. The minimum atomic E-state index is -0.878. The molecular weight excluding hydrogens is 196 g/mol. The highest BCUT2D eigenvalue weighted by molar-refractivity contribution is 5.65. The highest BCUT2D eigenvalue weighted by atomic mass is 16.4. The summed E-state index contributed by atoms with van der Waals surface area (Å²) in [7, 11) is 0. The second-order valence-electron chi connectivity index (χ2n) is 4.15. The second-order valence-corrected chi connectivity index (χ2v) is 4.15. The first-order valence-corrected chi connectivity index (χ1v) is 5.20. The van der Waals surface area contributed by atoms with Crippen LogP contribution in [0.15, 0.2) is 4.42 Å². The maximum absolute atomic E-state index is 10.8. The summed E-state index contributed by atoms with van der Waals surface area (Å²) < 4.78 is 5.63. The van der Waals surface area contributed by atoms with Crippen LogP contribution < -0.4 is 0 Å². The van der Waals surface area contributed by atoms with Gasteiger partial charge in [-0.05, 0) is 12.8 Å². The maximum atomic E-state index is 10.8. The van der Waals surface area contributed by atoms with Crippen molar-refractivity contribution in [3.05, 3.63) is 17.3 Å². The van der Waals surface area contributed by atoms with Gasteiger partial charge in [-0.2, -0.15) is 0 Å². The standard InChI is InChI=1S/C10H12N2O3/c13-10(14)12-4-3-8-7(5-12)11-9(15-8)6-1-2-6/h6H,1-5H2,(H,13,14). The van der Waals surface area contributed by atoms with Gasteiger partial charge in [0.15, 0.2) is 5.89 Å². The van der Waals surface area contributed by atoms with Gasteiger partial charge >= 0.3 is 6.09 Å². The molecule has 1 amide bonds. The molecule has 2 heterocycles. The van der Waals surface area contributed by atoms with Gasteiger partial charge < -0.3 is 14.4 Å². The average molecular weight is 208 g/mol. The Labute approximate surface area is 86.7 Å². The van der Waals surface area contributed by atoms with E-state index in [9.17, 15) is 4.79 Å². The minimum Gasteiger partial charge on any atom is -0.465 e. The molecule has 0 unspecified atom stereocenters. The van der Waals surface area contributed by atoms with Crippen LogP contribution in [0.5, 0.6) is 0 Å². The monoisotopic (exact) mass is 208 g/mol. The zero-order valence-electron chi connectivity index (χ0n) is 8.27. The number of carbonyl (C=O) groups is 1. The number of hydrogen-bond donors (Lipinski definition) is 1. The number of aromatic nitrogens is 1. The molecule has 0 saturated heterocycles. The SMILES string of the molecule is O=C(O)N1CCc2oc(C3CC3)nc2C1. The van der Waals surface area contributed by atoms with Gasteiger partial charge in [-0.3, -0.25) is 0 Å². The molecule has 1 fully saturated rings. The molecule has 15 heavy (non-hydrogen) atoms. The predicted octanol–water partition coefficient (Wildman–Crippen LogP) is 1.59. The molecular formula is C10H12N2O3. The van der Waals surface area contributed by atoms with E-state index in [-0.39, 0.29) is 0 Å². The van der Waals surface area contributed by atoms with E-state index in [0.29, 0.717) is 25.4 Å². The Kier molecular flexibility index (Phi) is 1.74. The molecule has 0 radical (unpaired) electrons. The van der Waals surface area contributed by atoms with E-state index in [0.717, 1.165) is 30.2 Å². The van der Waals surface area contributed by atoms with E-state index in [2.05, 4.69) is 4.98 Å². The van der Waals surface area contributed by atoms with Crippen molar-refractivity contribution in [2.75, 3.05) is 6.54 Å². The van der Waals surface area contributed by atoms with E-state index in [1.54, 1.807) is 0 Å². The van der Waals surface area contributed by atoms with Gasteiger partial charge in [0.05, 0.1) is 6.54 Å². The summed E-state index contributed by atoms with van der Waals surface area (Å²) in [5, 5.41) is 8.86. The lowest BCUT2D eigenvalue weighted by molar-refractivity contribution is 0.137. The molecule has 1 aromatic heterocycles. The Morgan fingerprint density at radius 2 is 2.33 bits per heavy atom. The van der Waals surface area contributed by atoms with Crippen molar-refractivity contribution in [2.24, 2.45) is 0 Å². The van der Waals surface area contributed by atoms with Crippen LogP contribution >= 0.6 is 0 Å². The Morgan fingerprint density at radius 3 is 3.00 bits per heavy atom. The van der Waals surface area contributed by atoms with Crippen molar-refractivity contribution in [3.63, 3.8) is 0 Å². The number of carboxylic acid groups (broad SMARTS) is 1. The van der Waals surface area contributed by atoms with Gasteiger partial charge in [-0.1, -0.05) is 0 Å². The van der Waals surface area contributed by atoms with Crippen molar-refractivity contribution < 1.29 is 14.3 Å². The lowest BCUT2D eigenvalue weighted by atomic mass is 10.2. The molecule has 1 saturated carbocycles. The number of hydrogen-bond acceptors (Lipinski definition) is 3. The van der Waals surface area contributed by atoms with Crippen molar-refractivity contribution in [1.82, 2.24) is 9.88 Å². The molecule has 2 aliphatic rings. The van der Waals surface area contributed by atoms with Crippen LogP contribution in [0.2, 0.25) is 0 Å². The van der Waals surface area contributed by atoms with Crippen LogP contribution in [0.25, 0.3) is 0 Å².